The number of rotatable bonds is 4. The molecule has 0 spiro atoms. The van der Waals surface area contributed by atoms with Crippen molar-refractivity contribution >= 4 is 8.38 Å². The molecule has 0 saturated carbocycles. The second-order valence-electron chi connectivity index (χ2n) is 7.38. The van der Waals surface area contributed by atoms with E-state index in [0.717, 1.165) is 18.4 Å². The average Bonchev–Trinajstić information content (AvgIpc) is 2.91. The largest absolute Gasteiger partial charge is 0.350 e. The molecule has 2 N–H and O–H groups in total. The molecule has 0 radical (unpaired) electrons. The molecule has 0 bridgehead atoms. The normalized spacial score (nSPS) is 16.9. The van der Waals surface area contributed by atoms with Crippen LogP contribution in [0.1, 0.15) is 71.0 Å². The third-order valence-electron chi connectivity index (χ3n) is 5.23. The van der Waals surface area contributed by atoms with Gasteiger partial charge in [-0.3, -0.25) is 0 Å². The molecule has 0 amide bonds. The van der Waals surface area contributed by atoms with Crippen LogP contribution < -0.4 is 0 Å². The number of aryl methyl sites for hydroxylation is 3. The van der Waals surface area contributed by atoms with Crippen LogP contribution >= 0.6 is 8.38 Å². The van der Waals surface area contributed by atoms with E-state index in [1.807, 2.05) is 0 Å². The minimum Gasteiger partial charge on any atom is -0.350 e. The van der Waals surface area contributed by atoms with Gasteiger partial charge in [0.05, 0.1) is 0 Å². The predicted molar refractivity (Wildman–Crippen MR) is 102 cm³/mol. The van der Waals surface area contributed by atoms with Gasteiger partial charge < -0.3 is 9.79 Å². The second kappa shape index (κ2) is 6.96. The number of hydrogen-bond donors (Lipinski definition) is 2. The van der Waals surface area contributed by atoms with Gasteiger partial charge in [0.15, 0.2) is 8.38 Å². The lowest BCUT2D eigenvalue weighted by Gasteiger charge is -2.19. The van der Waals surface area contributed by atoms with E-state index >= 15 is 0 Å². The highest BCUT2D eigenvalue weighted by Crippen LogP contribution is 2.42. The zero-order chi connectivity index (χ0) is 17.4. The zero-order valence-electron chi connectivity index (χ0n) is 15.0. The number of fused-ring (bicyclic) bond motifs is 1. The molecular weight excluding hydrogens is 315 g/mol. The lowest BCUT2D eigenvalue weighted by Crippen LogP contribution is -2.02. The highest BCUT2D eigenvalue weighted by atomic mass is 31.2. The molecule has 2 aromatic carbocycles. The van der Waals surface area contributed by atoms with Gasteiger partial charge in [0, 0.05) is 12.1 Å². The molecule has 2 nitrogen and oxygen atoms in total. The Labute approximate surface area is 146 Å². The summed E-state index contributed by atoms with van der Waals surface area (Å²) in [6.45, 7) is 8.87. The van der Waals surface area contributed by atoms with Crippen molar-refractivity contribution in [1.29, 1.82) is 0 Å². The summed E-state index contributed by atoms with van der Waals surface area (Å²) >= 11 is 0. The third kappa shape index (κ3) is 3.42. The fraction of sp³-hybridized carbons (Fsp3) is 0.429. The molecule has 1 unspecified atom stereocenters. The first-order chi connectivity index (χ1) is 11.4. The fourth-order valence-electron chi connectivity index (χ4n) is 4.19. The van der Waals surface area contributed by atoms with E-state index in [2.05, 4.69) is 58.0 Å². The van der Waals surface area contributed by atoms with Crippen LogP contribution in [0.4, 0.5) is 0 Å². The van der Waals surface area contributed by atoms with E-state index in [-0.39, 0.29) is 0 Å². The summed E-state index contributed by atoms with van der Waals surface area (Å²) in [6.07, 6.45) is 2.59. The molecular formula is C21H27O2P. The maximum Gasteiger partial charge on any atom is 0.169 e. The molecule has 2 aromatic rings. The van der Waals surface area contributed by atoms with Gasteiger partial charge in [-0.1, -0.05) is 44.2 Å². The first-order valence-electron chi connectivity index (χ1n) is 8.75. The summed E-state index contributed by atoms with van der Waals surface area (Å²) in [5.41, 5.74) is 9.42. The van der Waals surface area contributed by atoms with Gasteiger partial charge in [-0.15, -0.1) is 0 Å². The minimum absolute atomic E-state index is 0.371. The molecule has 3 heteroatoms. The molecule has 1 aliphatic rings. The summed E-state index contributed by atoms with van der Waals surface area (Å²) in [5.74, 6) is 1.01. The van der Waals surface area contributed by atoms with Gasteiger partial charge in [0.1, 0.15) is 0 Å². The first kappa shape index (κ1) is 17.6. The van der Waals surface area contributed by atoms with E-state index in [9.17, 15) is 9.79 Å². The molecule has 1 aliphatic carbocycles. The molecule has 0 fully saturated rings. The van der Waals surface area contributed by atoms with Crippen molar-refractivity contribution in [3.05, 3.63) is 69.3 Å². The Morgan fingerprint density at radius 2 is 1.83 bits per heavy atom. The van der Waals surface area contributed by atoms with Crippen LogP contribution in [0.3, 0.4) is 0 Å². The van der Waals surface area contributed by atoms with E-state index < -0.39 is 8.38 Å². The molecule has 24 heavy (non-hydrogen) atoms. The van der Waals surface area contributed by atoms with E-state index in [1.54, 1.807) is 0 Å². The second-order valence-corrected chi connectivity index (χ2v) is 8.44. The quantitative estimate of drug-likeness (QED) is 0.740. The van der Waals surface area contributed by atoms with Crippen molar-refractivity contribution in [3.63, 3.8) is 0 Å². The molecule has 1 atom stereocenters. The monoisotopic (exact) mass is 342 g/mol. The lowest BCUT2D eigenvalue weighted by atomic mass is 9.86. The van der Waals surface area contributed by atoms with Crippen molar-refractivity contribution in [2.45, 2.75) is 58.5 Å². The zero-order valence-corrected chi connectivity index (χ0v) is 15.9. The van der Waals surface area contributed by atoms with Crippen molar-refractivity contribution in [2.75, 3.05) is 0 Å². The van der Waals surface area contributed by atoms with E-state index in [1.165, 1.54) is 33.4 Å². The van der Waals surface area contributed by atoms with Crippen LogP contribution in [-0.4, -0.2) is 9.79 Å². The Morgan fingerprint density at radius 1 is 1.08 bits per heavy atom. The maximum atomic E-state index is 9.30. The molecule has 0 heterocycles. The SMILES string of the molecule is Cc1ccc(C2CCc3cc(CP(O)O)cc(C)c32)cc1C(C)C. The highest BCUT2D eigenvalue weighted by Gasteiger charge is 2.27. The topological polar surface area (TPSA) is 40.5 Å². The molecule has 0 aromatic heterocycles. The minimum atomic E-state index is -1.87. The maximum absolute atomic E-state index is 9.30. The average molecular weight is 342 g/mol. The number of hydrogen-bond acceptors (Lipinski definition) is 2. The van der Waals surface area contributed by atoms with Gasteiger partial charge >= 0.3 is 0 Å². The van der Waals surface area contributed by atoms with Crippen LogP contribution in [0.2, 0.25) is 0 Å². The number of benzene rings is 2. The van der Waals surface area contributed by atoms with Gasteiger partial charge in [-0.05, 0) is 71.6 Å². The Hall–Kier alpha value is -1.21. The molecule has 128 valence electrons. The molecule has 0 aliphatic heterocycles. The highest BCUT2D eigenvalue weighted by molar-refractivity contribution is 7.44. The van der Waals surface area contributed by atoms with Crippen molar-refractivity contribution < 1.29 is 9.79 Å². The standard InChI is InChI=1S/C21H27O2P/c1-13(2)20-11-17(6-5-14(20)3)19-8-7-18-10-16(12-24(22)23)9-15(4)21(18)19/h5-6,9-11,13,19,22-23H,7-8,12H2,1-4H3. The summed E-state index contributed by atoms with van der Waals surface area (Å²) < 4.78 is 0. The van der Waals surface area contributed by atoms with Crippen LogP contribution in [0.25, 0.3) is 0 Å². The third-order valence-corrected chi connectivity index (χ3v) is 5.88. The van der Waals surface area contributed by atoms with Crippen LogP contribution in [0, 0.1) is 13.8 Å². The van der Waals surface area contributed by atoms with Crippen molar-refractivity contribution in [2.24, 2.45) is 0 Å². The smallest absolute Gasteiger partial charge is 0.169 e. The summed E-state index contributed by atoms with van der Waals surface area (Å²) in [4.78, 5) is 18.6. The Kier molecular flexibility index (Phi) is 5.11. The molecule has 0 saturated heterocycles. The van der Waals surface area contributed by atoms with E-state index in [4.69, 9.17) is 0 Å². The Morgan fingerprint density at radius 3 is 2.50 bits per heavy atom. The van der Waals surface area contributed by atoms with Crippen LogP contribution in [0.15, 0.2) is 30.3 Å². The van der Waals surface area contributed by atoms with Crippen molar-refractivity contribution in [1.82, 2.24) is 0 Å². The van der Waals surface area contributed by atoms with Crippen LogP contribution in [-0.2, 0) is 12.6 Å². The lowest BCUT2D eigenvalue weighted by molar-refractivity contribution is 0.481. The van der Waals surface area contributed by atoms with Gasteiger partial charge in [0.2, 0.25) is 0 Å². The van der Waals surface area contributed by atoms with Gasteiger partial charge in [-0.2, -0.15) is 0 Å². The molecule has 3 rings (SSSR count). The fourth-order valence-corrected chi connectivity index (χ4v) is 4.70. The Balaban J connectivity index is 1.99. The summed E-state index contributed by atoms with van der Waals surface area (Å²) in [5, 5.41) is 0. The summed E-state index contributed by atoms with van der Waals surface area (Å²) in [7, 11) is -1.87. The predicted octanol–water partition coefficient (Wildman–Crippen LogP) is 5.30. The van der Waals surface area contributed by atoms with Crippen molar-refractivity contribution in [3.8, 4) is 0 Å². The summed E-state index contributed by atoms with van der Waals surface area (Å²) in [6, 6.07) is 11.3. The van der Waals surface area contributed by atoms with Gasteiger partial charge in [0.25, 0.3) is 0 Å². The Bertz CT molecular complexity index is 750. The van der Waals surface area contributed by atoms with Gasteiger partial charge in [-0.25, -0.2) is 0 Å². The van der Waals surface area contributed by atoms with Crippen LogP contribution in [0.5, 0.6) is 0 Å². The first-order valence-corrected chi connectivity index (χ1v) is 10.2. The van der Waals surface area contributed by atoms with E-state index in [0.29, 0.717) is 18.0 Å².